The van der Waals surface area contributed by atoms with Crippen LogP contribution in [0.15, 0.2) is 42.5 Å². The summed E-state index contributed by atoms with van der Waals surface area (Å²) >= 11 is 0. The summed E-state index contributed by atoms with van der Waals surface area (Å²) in [7, 11) is 0. The van der Waals surface area contributed by atoms with Gasteiger partial charge in [0.1, 0.15) is 0 Å². The topological polar surface area (TPSA) is 29.5 Å². The first-order valence-electron chi connectivity index (χ1n) is 8.36. The molecule has 1 saturated heterocycles. The number of benzene rings is 2. The highest BCUT2D eigenvalue weighted by Crippen LogP contribution is 2.18. The van der Waals surface area contributed by atoms with Crippen LogP contribution in [0.2, 0.25) is 0 Å². The lowest BCUT2D eigenvalue weighted by molar-refractivity contribution is 0.0303. The van der Waals surface area contributed by atoms with E-state index in [1.54, 1.807) is 0 Å². The van der Waals surface area contributed by atoms with Crippen molar-refractivity contribution in [2.75, 3.05) is 26.3 Å². The Morgan fingerprint density at radius 1 is 1.00 bits per heavy atom. The predicted octanol–water partition coefficient (Wildman–Crippen LogP) is 3.95. The molecule has 0 bridgehead atoms. The Morgan fingerprint density at radius 2 is 1.67 bits per heavy atom. The first kappa shape index (κ1) is 16.5. The molecular formula is C21H23NO2. The fourth-order valence-electron chi connectivity index (χ4n) is 2.99. The molecule has 3 nitrogen and oxygen atoms in total. The number of ether oxygens (including phenoxy) is 1. The van der Waals surface area contributed by atoms with Crippen LogP contribution in [-0.2, 0) is 4.74 Å². The second kappa shape index (κ2) is 7.45. The molecule has 1 aliphatic heterocycles. The first-order chi connectivity index (χ1) is 11.6. The van der Waals surface area contributed by atoms with Gasteiger partial charge in [0.05, 0.1) is 13.2 Å². The molecule has 0 unspecified atom stereocenters. The second-order valence-electron chi connectivity index (χ2n) is 6.17. The second-order valence-corrected chi connectivity index (χ2v) is 6.17. The van der Waals surface area contributed by atoms with Gasteiger partial charge in [-0.2, -0.15) is 0 Å². The molecule has 0 atom stereocenters. The highest BCUT2D eigenvalue weighted by atomic mass is 16.5. The van der Waals surface area contributed by atoms with Gasteiger partial charge in [-0.25, -0.2) is 0 Å². The Hall–Kier alpha value is -2.39. The van der Waals surface area contributed by atoms with Crippen LogP contribution < -0.4 is 0 Å². The Morgan fingerprint density at radius 3 is 2.38 bits per heavy atom. The van der Waals surface area contributed by atoms with Crippen LogP contribution >= 0.6 is 0 Å². The van der Waals surface area contributed by atoms with Crippen LogP contribution in [0.3, 0.4) is 0 Å². The van der Waals surface area contributed by atoms with E-state index in [1.807, 2.05) is 29.2 Å². The summed E-state index contributed by atoms with van der Waals surface area (Å²) in [6.07, 6.45) is 4.20. The van der Waals surface area contributed by atoms with Gasteiger partial charge < -0.3 is 9.64 Å². The molecule has 2 aromatic rings. The zero-order valence-corrected chi connectivity index (χ0v) is 14.3. The van der Waals surface area contributed by atoms with Gasteiger partial charge in [0.2, 0.25) is 0 Å². The molecular weight excluding hydrogens is 298 g/mol. The van der Waals surface area contributed by atoms with Crippen LogP contribution in [0.5, 0.6) is 0 Å². The maximum Gasteiger partial charge on any atom is 0.254 e. The van der Waals surface area contributed by atoms with Gasteiger partial charge in [0.25, 0.3) is 5.91 Å². The molecule has 0 aliphatic carbocycles. The third kappa shape index (κ3) is 3.74. The predicted molar refractivity (Wildman–Crippen MR) is 98.0 cm³/mol. The fraction of sp³-hybridized carbons (Fsp3) is 0.286. The van der Waals surface area contributed by atoms with Crippen molar-refractivity contribution in [1.82, 2.24) is 4.90 Å². The van der Waals surface area contributed by atoms with E-state index in [0.717, 1.165) is 11.1 Å². The van der Waals surface area contributed by atoms with Crippen LogP contribution in [0, 0.1) is 13.8 Å². The van der Waals surface area contributed by atoms with Crippen molar-refractivity contribution in [3.05, 3.63) is 70.3 Å². The summed E-state index contributed by atoms with van der Waals surface area (Å²) in [5.74, 6) is 0.0839. The van der Waals surface area contributed by atoms with E-state index >= 15 is 0 Å². The third-order valence-corrected chi connectivity index (χ3v) is 4.42. The number of aryl methyl sites for hydroxylation is 2. The van der Waals surface area contributed by atoms with Gasteiger partial charge in [-0.1, -0.05) is 42.5 Å². The maximum atomic E-state index is 12.6. The number of hydrogen-bond acceptors (Lipinski definition) is 2. The van der Waals surface area contributed by atoms with E-state index in [2.05, 4.69) is 44.2 Å². The zero-order valence-electron chi connectivity index (χ0n) is 14.3. The van der Waals surface area contributed by atoms with Crippen molar-refractivity contribution in [2.45, 2.75) is 13.8 Å². The number of morpholine rings is 1. The summed E-state index contributed by atoms with van der Waals surface area (Å²) in [5.41, 5.74) is 5.53. The van der Waals surface area contributed by atoms with E-state index in [9.17, 15) is 4.79 Å². The average molecular weight is 321 g/mol. The van der Waals surface area contributed by atoms with Gasteiger partial charge in [-0.15, -0.1) is 0 Å². The highest BCUT2D eigenvalue weighted by Gasteiger charge is 2.18. The van der Waals surface area contributed by atoms with Crippen LogP contribution in [0.4, 0.5) is 0 Å². The number of amides is 1. The zero-order chi connectivity index (χ0) is 16.9. The molecule has 3 heteroatoms. The largest absolute Gasteiger partial charge is 0.378 e. The number of carbonyl (C=O) groups is 1. The monoisotopic (exact) mass is 321 g/mol. The van der Waals surface area contributed by atoms with E-state index in [4.69, 9.17) is 4.74 Å². The minimum absolute atomic E-state index is 0.0839. The molecule has 0 aromatic heterocycles. The van der Waals surface area contributed by atoms with E-state index in [0.29, 0.717) is 26.3 Å². The summed E-state index contributed by atoms with van der Waals surface area (Å²) in [5, 5.41) is 0. The van der Waals surface area contributed by atoms with Crippen LogP contribution in [0.25, 0.3) is 12.2 Å². The normalized spacial score (nSPS) is 15.0. The highest BCUT2D eigenvalue weighted by molar-refractivity contribution is 5.95. The Balaban J connectivity index is 1.80. The van der Waals surface area contributed by atoms with E-state index in [1.165, 1.54) is 16.7 Å². The number of hydrogen-bond donors (Lipinski definition) is 0. The lowest BCUT2D eigenvalue weighted by Crippen LogP contribution is -2.40. The number of rotatable bonds is 3. The van der Waals surface area contributed by atoms with Gasteiger partial charge in [0.15, 0.2) is 0 Å². The SMILES string of the molecule is Cc1cccc(C)c1C=Cc1cccc(C(=O)N2CCOCC2)c1. The Kier molecular flexibility index (Phi) is 5.11. The number of carbonyl (C=O) groups excluding carboxylic acids is 1. The van der Waals surface area contributed by atoms with Gasteiger partial charge >= 0.3 is 0 Å². The Bertz CT molecular complexity index is 738. The molecule has 0 spiro atoms. The van der Waals surface area contributed by atoms with Gasteiger partial charge in [-0.3, -0.25) is 4.79 Å². The maximum absolute atomic E-state index is 12.6. The first-order valence-corrected chi connectivity index (χ1v) is 8.36. The summed E-state index contributed by atoms with van der Waals surface area (Å²) in [6, 6.07) is 14.1. The molecule has 1 heterocycles. The van der Waals surface area contributed by atoms with Gasteiger partial charge in [-0.05, 0) is 48.2 Å². The van der Waals surface area contributed by atoms with Crippen molar-refractivity contribution < 1.29 is 9.53 Å². The molecule has 0 saturated carbocycles. The minimum atomic E-state index is 0.0839. The molecule has 2 aromatic carbocycles. The van der Waals surface area contributed by atoms with Crippen molar-refractivity contribution >= 4 is 18.1 Å². The molecule has 0 N–H and O–H groups in total. The summed E-state index contributed by atoms with van der Waals surface area (Å²) in [4.78, 5) is 14.4. The minimum Gasteiger partial charge on any atom is -0.378 e. The van der Waals surface area contributed by atoms with Crippen molar-refractivity contribution in [2.24, 2.45) is 0 Å². The average Bonchev–Trinajstić information content (AvgIpc) is 2.62. The lowest BCUT2D eigenvalue weighted by Gasteiger charge is -2.26. The molecule has 1 amide bonds. The van der Waals surface area contributed by atoms with Crippen molar-refractivity contribution in [3.63, 3.8) is 0 Å². The molecule has 24 heavy (non-hydrogen) atoms. The molecule has 0 radical (unpaired) electrons. The van der Waals surface area contributed by atoms with Crippen LogP contribution in [0.1, 0.15) is 32.6 Å². The van der Waals surface area contributed by atoms with E-state index in [-0.39, 0.29) is 5.91 Å². The molecule has 3 rings (SSSR count). The van der Waals surface area contributed by atoms with Crippen LogP contribution in [-0.4, -0.2) is 37.1 Å². The summed E-state index contributed by atoms with van der Waals surface area (Å²) in [6.45, 7) is 6.81. The molecule has 1 aliphatic rings. The molecule has 1 fully saturated rings. The third-order valence-electron chi connectivity index (χ3n) is 4.42. The molecule has 124 valence electrons. The quantitative estimate of drug-likeness (QED) is 0.801. The fourth-order valence-corrected chi connectivity index (χ4v) is 2.99. The Labute approximate surface area is 143 Å². The van der Waals surface area contributed by atoms with Crippen molar-refractivity contribution in [1.29, 1.82) is 0 Å². The van der Waals surface area contributed by atoms with E-state index < -0.39 is 0 Å². The lowest BCUT2D eigenvalue weighted by atomic mass is 10.0. The summed E-state index contributed by atoms with van der Waals surface area (Å²) < 4.78 is 5.31. The standard InChI is InChI=1S/C21H23NO2/c1-16-5-3-6-17(2)20(16)10-9-18-7-4-8-19(15-18)21(23)22-11-13-24-14-12-22/h3-10,15H,11-14H2,1-2H3. The van der Waals surface area contributed by atoms with Crippen molar-refractivity contribution in [3.8, 4) is 0 Å². The van der Waals surface area contributed by atoms with Gasteiger partial charge in [0, 0.05) is 18.7 Å². The number of nitrogens with zero attached hydrogens (tertiary/aromatic N) is 1. The smallest absolute Gasteiger partial charge is 0.254 e.